The van der Waals surface area contributed by atoms with Crippen molar-refractivity contribution in [3.63, 3.8) is 0 Å². The standard InChI is InChI=1S/C80H46N4S2/c1-82-74-71(53-30-16-6-17-31-53)65(48-81)75(72(54-32-18-7-19-33-54)78(74)83-66-35-21-20-34-62(66)73-67(83)43-42-57(51-26-12-4-13-27-51)70(73)52-28-14-5-15-29-52)84-76-58(38-40-60-63-46-55(49-22-8-2-9-23-49)36-44-68(63)85-79(60)76)59-39-41-61-64-47-56(50-24-10-3-11-25-50)37-45-69(64)86-80(61)77(59)84/h2-47H. The van der Waals surface area contributed by atoms with Gasteiger partial charge in [0.25, 0.3) is 0 Å². The fourth-order valence-corrected chi connectivity index (χ4v) is 16.1. The average Bonchev–Trinajstić information content (AvgIpc) is 1.52. The molecule has 0 amide bonds. The maximum atomic E-state index is 12.5. The van der Waals surface area contributed by atoms with Crippen molar-refractivity contribution in [2.24, 2.45) is 0 Å². The number of nitriles is 1. The lowest BCUT2D eigenvalue weighted by molar-refractivity contribution is 1.14. The summed E-state index contributed by atoms with van der Waals surface area (Å²) < 4.78 is 9.42. The Kier molecular flexibility index (Phi) is 11.4. The SMILES string of the molecule is [C-]#[N+]c1c(-c2ccccc2)c(C#N)c(-n2c3c(ccc4c5cc(-c6ccccc6)ccc5sc43)c3ccc4c5cc(-c6ccccc6)ccc5sc4c32)c(-c2ccccc2)c1-n1c2ccccc2c2c(-c3ccccc3)c(-c3ccccc3)ccc21. The van der Waals surface area contributed by atoms with Gasteiger partial charge in [0.05, 0.1) is 55.0 Å². The molecule has 6 heteroatoms. The van der Waals surface area contributed by atoms with Gasteiger partial charge in [-0.05, 0) is 92.0 Å². The van der Waals surface area contributed by atoms with Crippen molar-refractivity contribution in [1.29, 1.82) is 5.26 Å². The molecule has 4 nitrogen and oxygen atoms in total. The highest BCUT2D eigenvalue weighted by Crippen LogP contribution is 2.56. The van der Waals surface area contributed by atoms with E-state index in [1.165, 1.54) is 20.2 Å². The zero-order chi connectivity index (χ0) is 57.0. The fourth-order valence-electron chi connectivity index (χ4n) is 13.7. The van der Waals surface area contributed by atoms with Gasteiger partial charge in [0, 0.05) is 63.6 Å². The first-order valence-electron chi connectivity index (χ1n) is 28.8. The Bertz CT molecular complexity index is 5520. The second kappa shape index (κ2) is 19.8. The molecule has 0 aliphatic heterocycles. The van der Waals surface area contributed by atoms with Crippen molar-refractivity contribution in [1.82, 2.24) is 9.13 Å². The van der Waals surface area contributed by atoms with Gasteiger partial charge in [0.1, 0.15) is 6.07 Å². The molecule has 17 aromatic rings. The van der Waals surface area contributed by atoms with Gasteiger partial charge in [-0.25, -0.2) is 4.85 Å². The molecule has 0 fully saturated rings. The summed E-state index contributed by atoms with van der Waals surface area (Å²) in [5.74, 6) is 0. The molecule has 398 valence electrons. The Labute approximate surface area is 503 Å². The summed E-state index contributed by atoms with van der Waals surface area (Å²) in [6.07, 6.45) is 0. The monoisotopic (exact) mass is 1130 g/mol. The zero-order valence-electron chi connectivity index (χ0n) is 46.2. The Hall–Kier alpha value is -11.1. The molecule has 17 rings (SSSR count). The van der Waals surface area contributed by atoms with Crippen LogP contribution in [0.3, 0.4) is 0 Å². The van der Waals surface area contributed by atoms with Gasteiger partial charge >= 0.3 is 0 Å². The van der Waals surface area contributed by atoms with Crippen molar-refractivity contribution in [2.75, 3.05) is 0 Å². The van der Waals surface area contributed by atoms with Gasteiger partial charge < -0.3 is 9.13 Å². The summed E-state index contributed by atoms with van der Waals surface area (Å²) in [5, 5.41) is 21.5. The van der Waals surface area contributed by atoms with Crippen LogP contribution in [0.2, 0.25) is 0 Å². The number of hydrogen-bond donors (Lipinski definition) is 0. The lowest BCUT2D eigenvalue weighted by atomic mass is 9.88. The minimum atomic E-state index is 0.396. The maximum absolute atomic E-state index is 12.5. The number of benzene rings is 13. The van der Waals surface area contributed by atoms with Crippen LogP contribution in [-0.4, -0.2) is 9.13 Å². The quantitative estimate of drug-likeness (QED) is 0.140. The molecule has 0 radical (unpaired) electrons. The average molecular weight is 1130 g/mol. The molecule has 13 aromatic carbocycles. The van der Waals surface area contributed by atoms with E-state index in [9.17, 15) is 11.8 Å². The molecule has 0 atom stereocenters. The van der Waals surface area contributed by atoms with Gasteiger partial charge in [-0.2, -0.15) is 5.26 Å². The van der Waals surface area contributed by atoms with E-state index >= 15 is 0 Å². The summed E-state index contributed by atoms with van der Waals surface area (Å²) >= 11 is 3.61. The molecule has 0 aliphatic carbocycles. The first-order valence-corrected chi connectivity index (χ1v) is 30.5. The third-order valence-corrected chi connectivity index (χ3v) is 19.8. The molecule has 0 saturated heterocycles. The Morgan fingerprint density at radius 2 is 0.779 bits per heavy atom. The molecule has 0 N–H and O–H groups in total. The number of para-hydroxylation sites is 1. The number of rotatable bonds is 8. The van der Waals surface area contributed by atoms with Crippen molar-refractivity contribution in [3.05, 3.63) is 296 Å². The topological polar surface area (TPSA) is 38.0 Å². The van der Waals surface area contributed by atoms with E-state index in [1.807, 2.05) is 18.2 Å². The number of hydrogen-bond acceptors (Lipinski definition) is 3. The van der Waals surface area contributed by atoms with Crippen LogP contribution in [0.5, 0.6) is 0 Å². The minimum absolute atomic E-state index is 0.396. The molecule has 0 unspecified atom stereocenters. The van der Waals surface area contributed by atoms with E-state index in [0.29, 0.717) is 22.5 Å². The highest BCUT2D eigenvalue weighted by molar-refractivity contribution is 7.27. The largest absolute Gasteiger partial charge is 0.318 e. The van der Waals surface area contributed by atoms with Crippen LogP contribution in [0.1, 0.15) is 5.56 Å². The van der Waals surface area contributed by atoms with Crippen LogP contribution >= 0.6 is 22.7 Å². The van der Waals surface area contributed by atoms with E-state index in [0.717, 1.165) is 131 Å². The van der Waals surface area contributed by atoms with Crippen LogP contribution in [0.4, 0.5) is 5.69 Å². The second-order valence-corrected chi connectivity index (χ2v) is 24.1. The van der Waals surface area contributed by atoms with E-state index in [4.69, 9.17) is 4.85 Å². The summed E-state index contributed by atoms with van der Waals surface area (Å²) in [6, 6.07) is 102. The van der Waals surface area contributed by atoms with Crippen LogP contribution in [-0.2, 0) is 0 Å². The molecule has 86 heavy (non-hydrogen) atoms. The molecule has 0 bridgehead atoms. The van der Waals surface area contributed by atoms with Gasteiger partial charge in [-0.15, -0.1) is 22.7 Å². The van der Waals surface area contributed by atoms with Gasteiger partial charge in [-0.1, -0.05) is 243 Å². The zero-order valence-corrected chi connectivity index (χ0v) is 47.8. The van der Waals surface area contributed by atoms with Crippen LogP contribution in [0, 0.1) is 17.9 Å². The van der Waals surface area contributed by atoms with E-state index < -0.39 is 0 Å². The Morgan fingerprint density at radius 1 is 0.337 bits per heavy atom. The number of fused-ring (bicyclic) bond motifs is 14. The van der Waals surface area contributed by atoms with Gasteiger partial charge in [0.2, 0.25) is 5.69 Å². The third kappa shape index (κ3) is 7.45. The summed E-state index contributed by atoms with van der Waals surface area (Å²) in [6.45, 7) is 9.65. The smallest absolute Gasteiger partial charge is 0.220 e. The lowest BCUT2D eigenvalue weighted by Crippen LogP contribution is -2.09. The van der Waals surface area contributed by atoms with Crippen molar-refractivity contribution < 1.29 is 0 Å². The minimum Gasteiger partial charge on any atom is -0.318 e. The lowest BCUT2D eigenvalue weighted by Gasteiger charge is -2.26. The normalized spacial score (nSPS) is 11.7. The number of nitrogens with zero attached hydrogens (tertiary/aromatic N) is 4. The first kappa shape index (κ1) is 49.5. The van der Waals surface area contributed by atoms with Crippen molar-refractivity contribution >= 4 is 112 Å². The highest BCUT2D eigenvalue weighted by atomic mass is 32.1. The summed E-state index contributed by atoms with van der Waals surface area (Å²) in [4.78, 5) is 4.70. The Morgan fingerprint density at radius 3 is 1.28 bits per heavy atom. The highest BCUT2D eigenvalue weighted by Gasteiger charge is 2.34. The molecule has 4 aromatic heterocycles. The van der Waals surface area contributed by atoms with Crippen LogP contribution in [0.15, 0.2) is 279 Å². The fraction of sp³-hybridized carbons (Fsp3) is 0. The summed E-state index contributed by atoms with van der Waals surface area (Å²) in [7, 11) is 0. The van der Waals surface area contributed by atoms with Crippen LogP contribution in [0.25, 0.3) is 167 Å². The van der Waals surface area contributed by atoms with E-state index in [1.54, 1.807) is 22.7 Å². The first-order chi connectivity index (χ1) is 42.6. The third-order valence-electron chi connectivity index (χ3n) is 17.4. The maximum Gasteiger partial charge on any atom is 0.220 e. The number of aromatic nitrogens is 2. The van der Waals surface area contributed by atoms with Crippen molar-refractivity contribution in [2.45, 2.75) is 0 Å². The van der Waals surface area contributed by atoms with E-state index in [2.05, 4.69) is 276 Å². The molecule has 4 heterocycles. The van der Waals surface area contributed by atoms with Gasteiger partial charge in [-0.3, -0.25) is 0 Å². The molecule has 0 saturated carbocycles. The molecular formula is C80H46N4S2. The predicted molar refractivity (Wildman–Crippen MR) is 364 cm³/mol. The summed E-state index contributed by atoms with van der Waals surface area (Å²) in [5.41, 5.74) is 18.3. The molecular weight excluding hydrogens is 1080 g/mol. The second-order valence-electron chi connectivity index (χ2n) is 22.0. The Balaban J connectivity index is 1.11. The van der Waals surface area contributed by atoms with Gasteiger partial charge in [0.15, 0.2) is 0 Å². The number of thiophene rings is 2. The molecule has 0 spiro atoms. The predicted octanol–water partition coefficient (Wildman–Crippen LogP) is 23.0. The van der Waals surface area contributed by atoms with Crippen LogP contribution < -0.4 is 0 Å². The van der Waals surface area contributed by atoms with E-state index in [-0.39, 0.29) is 0 Å². The van der Waals surface area contributed by atoms with Crippen molar-refractivity contribution in [3.8, 4) is 84.2 Å². The molecule has 0 aliphatic rings.